The van der Waals surface area contributed by atoms with Gasteiger partial charge in [-0.2, -0.15) is 0 Å². The number of nitrogens with one attached hydrogen (secondary N) is 3. The minimum atomic E-state index is -0.631. The fraction of sp³-hybridized carbons (Fsp3) is 0.529. The Labute approximate surface area is 138 Å². The zero-order chi connectivity index (χ0) is 17.5. The number of hydrogen-bond acceptors (Lipinski definition) is 3. The van der Waals surface area contributed by atoms with E-state index in [0.717, 1.165) is 5.56 Å². The largest absolute Gasteiger partial charge is 0.377 e. The Bertz CT molecular complexity index is 538. The molecular formula is C17H27N3O3. The summed E-state index contributed by atoms with van der Waals surface area (Å²) in [4.78, 5) is 24.1. The highest BCUT2D eigenvalue weighted by atomic mass is 16.5. The zero-order valence-electron chi connectivity index (χ0n) is 14.5. The molecule has 1 unspecified atom stereocenters. The Morgan fingerprint density at radius 3 is 2.48 bits per heavy atom. The van der Waals surface area contributed by atoms with Crippen LogP contribution in [0.4, 0.5) is 10.5 Å². The molecule has 0 aliphatic heterocycles. The van der Waals surface area contributed by atoms with Crippen LogP contribution in [0.3, 0.4) is 0 Å². The van der Waals surface area contributed by atoms with Crippen LogP contribution in [-0.4, -0.2) is 30.1 Å². The number of ether oxygens (including phenoxy) is 1. The molecule has 0 spiro atoms. The smallest absolute Gasteiger partial charge is 0.319 e. The van der Waals surface area contributed by atoms with Crippen LogP contribution in [0.15, 0.2) is 24.3 Å². The van der Waals surface area contributed by atoms with Gasteiger partial charge < -0.3 is 20.7 Å². The van der Waals surface area contributed by atoms with Crippen molar-refractivity contribution in [3.05, 3.63) is 29.8 Å². The SMILES string of the molecule is CCOCc1ccccc1NC(=O)NC(C)C(=O)NC(C)(C)C. The summed E-state index contributed by atoms with van der Waals surface area (Å²) < 4.78 is 5.38. The quantitative estimate of drug-likeness (QED) is 0.753. The van der Waals surface area contributed by atoms with Crippen molar-refractivity contribution in [2.45, 2.75) is 52.8 Å². The lowest BCUT2D eigenvalue weighted by molar-refractivity contribution is -0.123. The lowest BCUT2D eigenvalue weighted by Crippen LogP contribution is -2.51. The van der Waals surface area contributed by atoms with Gasteiger partial charge >= 0.3 is 6.03 Å². The van der Waals surface area contributed by atoms with E-state index in [0.29, 0.717) is 18.9 Å². The van der Waals surface area contributed by atoms with Crippen molar-refractivity contribution >= 4 is 17.6 Å². The Morgan fingerprint density at radius 2 is 1.87 bits per heavy atom. The molecule has 23 heavy (non-hydrogen) atoms. The van der Waals surface area contributed by atoms with E-state index in [9.17, 15) is 9.59 Å². The van der Waals surface area contributed by atoms with Crippen LogP contribution < -0.4 is 16.0 Å². The second kappa shape index (κ2) is 8.53. The van der Waals surface area contributed by atoms with Gasteiger partial charge in [-0.05, 0) is 40.7 Å². The molecule has 0 bridgehead atoms. The van der Waals surface area contributed by atoms with Gasteiger partial charge in [0.25, 0.3) is 0 Å². The molecule has 0 aliphatic rings. The molecule has 0 aliphatic carbocycles. The van der Waals surface area contributed by atoms with Crippen molar-refractivity contribution in [1.82, 2.24) is 10.6 Å². The molecule has 0 heterocycles. The van der Waals surface area contributed by atoms with Crippen molar-refractivity contribution in [3.63, 3.8) is 0 Å². The molecule has 0 aromatic heterocycles. The molecule has 0 saturated carbocycles. The van der Waals surface area contributed by atoms with Gasteiger partial charge in [-0.25, -0.2) is 4.79 Å². The molecule has 1 atom stereocenters. The topological polar surface area (TPSA) is 79.5 Å². The molecule has 128 valence electrons. The van der Waals surface area contributed by atoms with Gasteiger partial charge in [0.05, 0.1) is 6.61 Å². The van der Waals surface area contributed by atoms with E-state index in [-0.39, 0.29) is 11.4 Å². The predicted molar refractivity (Wildman–Crippen MR) is 91.3 cm³/mol. The Hall–Kier alpha value is -2.08. The summed E-state index contributed by atoms with van der Waals surface area (Å²) in [7, 11) is 0. The minimum absolute atomic E-state index is 0.227. The van der Waals surface area contributed by atoms with Crippen LogP contribution in [0.1, 0.15) is 40.2 Å². The lowest BCUT2D eigenvalue weighted by Gasteiger charge is -2.23. The molecule has 1 aromatic rings. The number of carbonyl (C=O) groups excluding carboxylic acids is 2. The second-order valence-corrected chi connectivity index (χ2v) is 6.35. The van der Waals surface area contributed by atoms with Gasteiger partial charge in [-0.3, -0.25) is 4.79 Å². The number of benzene rings is 1. The number of amides is 3. The van der Waals surface area contributed by atoms with Gasteiger partial charge in [0.15, 0.2) is 0 Å². The summed E-state index contributed by atoms with van der Waals surface area (Å²) in [6.07, 6.45) is 0. The predicted octanol–water partition coefficient (Wildman–Crippen LogP) is 2.65. The maximum Gasteiger partial charge on any atom is 0.319 e. The van der Waals surface area contributed by atoms with Crippen LogP contribution in [-0.2, 0) is 16.1 Å². The van der Waals surface area contributed by atoms with E-state index in [2.05, 4.69) is 16.0 Å². The van der Waals surface area contributed by atoms with Gasteiger partial charge in [-0.1, -0.05) is 18.2 Å². The Morgan fingerprint density at radius 1 is 1.22 bits per heavy atom. The molecule has 0 radical (unpaired) electrons. The Kier molecular flexibility index (Phi) is 7.03. The number of rotatable bonds is 6. The van der Waals surface area contributed by atoms with Crippen molar-refractivity contribution in [1.29, 1.82) is 0 Å². The highest BCUT2D eigenvalue weighted by Gasteiger charge is 2.20. The highest BCUT2D eigenvalue weighted by Crippen LogP contribution is 2.16. The molecule has 1 rings (SSSR count). The number of anilines is 1. The van der Waals surface area contributed by atoms with E-state index in [1.54, 1.807) is 13.0 Å². The third kappa shape index (κ3) is 7.15. The first-order valence-corrected chi connectivity index (χ1v) is 7.78. The first kappa shape index (κ1) is 19.0. The Balaban J connectivity index is 2.61. The van der Waals surface area contributed by atoms with E-state index in [1.807, 2.05) is 45.9 Å². The van der Waals surface area contributed by atoms with E-state index < -0.39 is 12.1 Å². The van der Waals surface area contributed by atoms with Crippen molar-refractivity contribution in [2.75, 3.05) is 11.9 Å². The first-order valence-electron chi connectivity index (χ1n) is 7.78. The third-order valence-electron chi connectivity index (χ3n) is 2.97. The van der Waals surface area contributed by atoms with Crippen LogP contribution in [0, 0.1) is 0 Å². The number of hydrogen-bond donors (Lipinski definition) is 3. The molecular weight excluding hydrogens is 294 g/mol. The third-order valence-corrected chi connectivity index (χ3v) is 2.97. The van der Waals surface area contributed by atoms with Crippen molar-refractivity contribution in [3.8, 4) is 0 Å². The molecule has 3 amide bonds. The van der Waals surface area contributed by atoms with E-state index in [4.69, 9.17) is 4.74 Å². The van der Waals surface area contributed by atoms with Crippen LogP contribution in [0.2, 0.25) is 0 Å². The second-order valence-electron chi connectivity index (χ2n) is 6.35. The molecule has 6 heteroatoms. The molecule has 0 saturated heterocycles. The standard InChI is InChI=1S/C17H27N3O3/c1-6-23-11-13-9-7-8-10-14(13)19-16(22)18-12(2)15(21)20-17(3,4)5/h7-10,12H,6,11H2,1-5H3,(H,20,21)(H2,18,19,22). The van der Waals surface area contributed by atoms with Crippen LogP contribution >= 0.6 is 0 Å². The molecule has 1 aromatic carbocycles. The average Bonchev–Trinajstić information content (AvgIpc) is 2.44. The molecule has 0 fully saturated rings. The first-order chi connectivity index (χ1) is 10.7. The summed E-state index contributed by atoms with van der Waals surface area (Å²) in [5.74, 6) is -0.227. The van der Waals surface area contributed by atoms with Gasteiger partial charge in [0.1, 0.15) is 6.04 Å². The molecule has 6 nitrogen and oxygen atoms in total. The fourth-order valence-electron chi connectivity index (χ4n) is 1.88. The van der Waals surface area contributed by atoms with Gasteiger partial charge in [0, 0.05) is 23.4 Å². The normalized spacial score (nSPS) is 12.4. The minimum Gasteiger partial charge on any atom is -0.377 e. The number of carbonyl (C=O) groups is 2. The van der Waals surface area contributed by atoms with Crippen molar-refractivity contribution in [2.24, 2.45) is 0 Å². The van der Waals surface area contributed by atoms with Crippen LogP contribution in [0.25, 0.3) is 0 Å². The average molecular weight is 321 g/mol. The van der Waals surface area contributed by atoms with Gasteiger partial charge in [0.2, 0.25) is 5.91 Å². The summed E-state index contributed by atoms with van der Waals surface area (Å²) in [5.41, 5.74) is 1.21. The number of para-hydroxylation sites is 1. The zero-order valence-corrected chi connectivity index (χ0v) is 14.5. The van der Waals surface area contributed by atoms with Crippen LogP contribution in [0.5, 0.6) is 0 Å². The maximum atomic E-state index is 12.1. The summed E-state index contributed by atoms with van der Waals surface area (Å²) in [6.45, 7) is 10.3. The summed E-state index contributed by atoms with van der Waals surface area (Å²) in [6, 6.07) is 6.35. The monoisotopic (exact) mass is 321 g/mol. The van der Waals surface area contributed by atoms with Gasteiger partial charge in [-0.15, -0.1) is 0 Å². The number of urea groups is 1. The highest BCUT2D eigenvalue weighted by molar-refractivity contribution is 5.94. The fourth-order valence-corrected chi connectivity index (χ4v) is 1.88. The van der Waals surface area contributed by atoms with E-state index in [1.165, 1.54) is 0 Å². The maximum absolute atomic E-state index is 12.1. The summed E-state index contributed by atoms with van der Waals surface area (Å²) in [5, 5.41) is 8.22. The lowest BCUT2D eigenvalue weighted by atomic mass is 10.1. The van der Waals surface area contributed by atoms with Crippen molar-refractivity contribution < 1.29 is 14.3 Å². The molecule has 3 N–H and O–H groups in total. The summed E-state index contributed by atoms with van der Waals surface area (Å²) >= 11 is 0. The van der Waals surface area contributed by atoms with E-state index >= 15 is 0 Å².